The number of carbonyl (C=O) groups excluding carboxylic acids is 1. The van der Waals surface area contributed by atoms with Crippen molar-refractivity contribution in [1.82, 2.24) is 5.32 Å². The third kappa shape index (κ3) is 5.31. The van der Waals surface area contributed by atoms with E-state index >= 15 is 0 Å². The van der Waals surface area contributed by atoms with Crippen molar-refractivity contribution in [3.8, 4) is 0 Å². The van der Waals surface area contributed by atoms with Gasteiger partial charge in [-0.05, 0) is 6.42 Å². The molecule has 0 fully saturated rings. The van der Waals surface area contributed by atoms with Crippen molar-refractivity contribution >= 4 is 11.9 Å². The fourth-order valence-electron chi connectivity index (χ4n) is 0.800. The van der Waals surface area contributed by atoms with Gasteiger partial charge in [-0.2, -0.15) is 0 Å². The van der Waals surface area contributed by atoms with Crippen LogP contribution < -0.4 is 5.32 Å². The number of hydrogen-bond acceptors (Lipinski definition) is 3. The standard InChI is InChI=1S/C9H15NO4/c1-3-4-5-8(11)10-6-7(14-2)9(12)13/h3,7H,1,4-6H2,2H3,(H,10,11)(H,12,13). The summed E-state index contributed by atoms with van der Waals surface area (Å²) in [6, 6.07) is 0. The minimum Gasteiger partial charge on any atom is -0.479 e. The van der Waals surface area contributed by atoms with Gasteiger partial charge in [0.2, 0.25) is 5.91 Å². The molecule has 5 heteroatoms. The molecule has 1 atom stereocenters. The van der Waals surface area contributed by atoms with Crippen molar-refractivity contribution in [1.29, 1.82) is 0 Å². The molecule has 1 unspecified atom stereocenters. The molecule has 0 aliphatic heterocycles. The molecule has 0 aromatic carbocycles. The van der Waals surface area contributed by atoms with Crippen LogP contribution in [0.4, 0.5) is 0 Å². The number of methoxy groups -OCH3 is 1. The molecule has 0 spiro atoms. The Labute approximate surface area is 82.7 Å². The minimum atomic E-state index is -1.09. The second-order valence-electron chi connectivity index (χ2n) is 2.69. The summed E-state index contributed by atoms with van der Waals surface area (Å²) < 4.78 is 4.63. The molecule has 0 heterocycles. The van der Waals surface area contributed by atoms with Crippen LogP contribution in [0.2, 0.25) is 0 Å². The number of allylic oxidation sites excluding steroid dienone is 1. The highest BCUT2D eigenvalue weighted by Crippen LogP contribution is 1.91. The first-order chi connectivity index (χ1) is 6.61. The van der Waals surface area contributed by atoms with Crippen LogP contribution in [0.3, 0.4) is 0 Å². The molecule has 0 aromatic heterocycles. The van der Waals surface area contributed by atoms with Gasteiger partial charge in [0.25, 0.3) is 0 Å². The van der Waals surface area contributed by atoms with Gasteiger partial charge in [0, 0.05) is 13.5 Å². The lowest BCUT2D eigenvalue weighted by Crippen LogP contribution is -2.37. The van der Waals surface area contributed by atoms with Gasteiger partial charge >= 0.3 is 5.97 Å². The van der Waals surface area contributed by atoms with E-state index in [1.54, 1.807) is 6.08 Å². The topological polar surface area (TPSA) is 75.6 Å². The summed E-state index contributed by atoms with van der Waals surface area (Å²) in [5.74, 6) is -1.29. The summed E-state index contributed by atoms with van der Waals surface area (Å²) in [6.07, 6.45) is 1.54. The fraction of sp³-hybridized carbons (Fsp3) is 0.556. The normalized spacial score (nSPS) is 11.8. The van der Waals surface area contributed by atoms with E-state index < -0.39 is 12.1 Å². The Hall–Kier alpha value is -1.36. The minimum absolute atomic E-state index is 0.0121. The second kappa shape index (κ2) is 7.08. The van der Waals surface area contributed by atoms with Crippen LogP contribution in [0.5, 0.6) is 0 Å². The Kier molecular flexibility index (Phi) is 6.39. The van der Waals surface area contributed by atoms with E-state index in [2.05, 4.69) is 16.6 Å². The highest BCUT2D eigenvalue weighted by atomic mass is 16.5. The van der Waals surface area contributed by atoms with Crippen molar-refractivity contribution in [3.63, 3.8) is 0 Å². The van der Waals surface area contributed by atoms with E-state index in [9.17, 15) is 9.59 Å². The Morgan fingerprint density at radius 2 is 2.29 bits per heavy atom. The zero-order valence-electron chi connectivity index (χ0n) is 8.16. The molecular weight excluding hydrogens is 186 g/mol. The summed E-state index contributed by atoms with van der Waals surface area (Å²) in [5, 5.41) is 11.0. The van der Waals surface area contributed by atoms with Crippen LogP contribution >= 0.6 is 0 Å². The molecule has 14 heavy (non-hydrogen) atoms. The highest BCUT2D eigenvalue weighted by molar-refractivity contribution is 5.78. The van der Waals surface area contributed by atoms with Gasteiger partial charge in [0.05, 0.1) is 6.54 Å². The lowest BCUT2D eigenvalue weighted by molar-refractivity contribution is -0.148. The van der Waals surface area contributed by atoms with Crippen LogP contribution in [0.15, 0.2) is 12.7 Å². The molecule has 0 rings (SSSR count). The quantitative estimate of drug-likeness (QED) is 0.576. The Balaban J connectivity index is 3.73. The number of ether oxygens (including phenoxy) is 1. The maximum atomic E-state index is 11.0. The number of carboxylic acids is 1. The fourth-order valence-corrected chi connectivity index (χ4v) is 0.800. The zero-order chi connectivity index (χ0) is 11.0. The van der Waals surface area contributed by atoms with Crippen LogP contribution in [-0.4, -0.2) is 36.7 Å². The van der Waals surface area contributed by atoms with Gasteiger partial charge in [0.15, 0.2) is 6.10 Å². The van der Waals surface area contributed by atoms with Crippen molar-refractivity contribution < 1.29 is 19.4 Å². The number of hydrogen-bond donors (Lipinski definition) is 2. The van der Waals surface area contributed by atoms with Crippen LogP contribution in [0.1, 0.15) is 12.8 Å². The summed E-state index contributed by atoms with van der Waals surface area (Å²) in [4.78, 5) is 21.5. The Bertz CT molecular complexity index is 215. The van der Waals surface area contributed by atoms with E-state index in [1.807, 2.05) is 0 Å². The third-order valence-electron chi connectivity index (χ3n) is 1.62. The van der Waals surface area contributed by atoms with Crippen molar-refractivity contribution in [3.05, 3.63) is 12.7 Å². The van der Waals surface area contributed by atoms with E-state index in [1.165, 1.54) is 7.11 Å². The summed E-state index contributed by atoms with van der Waals surface area (Å²) in [7, 11) is 1.29. The van der Waals surface area contributed by atoms with Gasteiger partial charge in [-0.15, -0.1) is 6.58 Å². The summed E-state index contributed by atoms with van der Waals surface area (Å²) in [6.45, 7) is 3.46. The molecule has 1 amide bonds. The van der Waals surface area contributed by atoms with Crippen LogP contribution in [-0.2, 0) is 14.3 Å². The molecule has 0 radical (unpaired) electrons. The number of rotatable bonds is 7. The molecule has 0 saturated carbocycles. The first kappa shape index (κ1) is 12.6. The number of nitrogens with one attached hydrogen (secondary N) is 1. The van der Waals surface area contributed by atoms with Gasteiger partial charge in [-0.1, -0.05) is 6.08 Å². The molecule has 5 nitrogen and oxygen atoms in total. The van der Waals surface area contributed by atoms with Crippen LogP contribution in [0, 0.1) is 0 Å². The van der Waals surface area contributed by atoms with Gasteiger partial charge in [0.1, 0.15) is 0 Å². The van der Waals surface area contributed by atoms with Crippen molar-refractivity contribution in [2.75, 3.05) is 13.7 Å². The largest absolute Gasteiger partial charge is 0.479 e. The first-order valence-corrected chi connectivity index (χ1v) is 4.25. The molecule has 0 bridgehead atoms. The van der Waals surface area contributed by atoms with Gasteiger partial charge < -0.3 is 15.2 Å². The second-order valence-corrected chi connectivity index (χ2v) is 2.69. The lowest BCUT2D eigenvalue weighted by Gasteiger charge is -2.10. The number of amides is 1. The lowest BCUT2D eigenvalue weighted by atomic mass is 10.3. The molecule has 80 valence electrons. The molecular formula is C9H15NO4. The van der Waals surface area contributed by atoms with Gasteiger partial charge in [-0.25, -0.2) is 4.79 Å². The molecule has 0 saturated heterocycles. The highest BCUT2D eigenvalue weighted by Gasteiger charge is 2.16. The SMILES string of the molecule is C=CCCC(=O)NCC(OC)C(=O)O. The Morgan fingerprint density at radius 1 is 1.64 bits per heavy atom. The summed E-state index contributed by atoms with van der Waals surface area (Å²) >= 11 is 0. The number of aliphatic carboxylic acids is 1. The maximum Gasteiger partial charge on any atom is 0.334 e. The average Bonchev–Trinajstić information content (AvgIpc) is 2.15. The van der Waals surface area contributed by atoms with Gasteiger partial charge in [-0.3, -0.25) is 4.79 Å². The monoisotopic (exact) mass is 201 g/mol. The number of carboxylic acid groups (broad SMARTS) is 1. The predicted octanol–water partition coefficient (Wildman–Crippen LogP) is 0.168. The number of carbonyl (C=O) groups is 2. The summed E-state index contributed by atoms with van der Waals surface area (Å²) in [5.41, 5.74) is 0. The first-order valence-electron chi connectivity index (χ1n) is 4.25. The van der Waals surface area contributed by atoms with E-state index in [-0.39, 0.29) is 12.5 Å². The van der Waals surface area contributed by atoms with Crippen LogP contribution in [0.25, 0.3) is 0 Å². The van der Waals surface area contributed by atoms with Crippen molar-refractivity contribution in [2.45, 2.75) is 18.9 Å². The maximum absolute atomic E-state index is 11.0. The molecule has 0 aliphatic carbocycles. The average molecular weight is 201 g/mol. The molecule has 2 N–H and O–H groups in total. The van der Waals surface area contributed by atoms with Crippen molar-refractivity contribution in [2.24, 2.45) is 0 Å². The van der Waals surface area contributed by atoms with E-state index in [0.29, 0.717) is 12.8 Å². The predicted molar refractivity (Wildman–Crippen MR) is 50.9 cm³/mol. The van der Waals surface area contributed by atoms with E-state index in [0.717, 1.165) is 0 Å². The zero-order valence-corrected chi connectivity index (χ0v) is 8.16. The third-order valence-corrected chi connectivity index (χ3v) is 1.62. The van der Waals surface area contributed by atoms with E-state index in [4.69, 9.17) is 5.11 Å². The molecule has 0 aliphatic rings. The Morgan fingerprint density at radius 3 is 2.71 bits per heavy atom. The molecule has 0 aromatic rings. The smallest absolute Gasteiger partial charge is 0.334 e.